The Labute approximate surface area is 201 Å². The Morgan fingerprint density at radius 1 is 0.861 bits per heavy atom. The van der Waals surface area contributed by atoms with Crippen LogP contribution in [0.2, 0.25) is 0 Å². The Balaban J connectivity index is 1.48. The van der Waals surface area contributed by atoms with Crippen molar-refractivity contribution >= 4 is 12.1 Å². The number of rotatable bonds is 6. The van der Waals surface area contributed by atoms with Crippen molar-refractivity contribution < 1.29 is 46.1 Å². The lowest BCUT2D eigenvalue weighted by atomic mass is 9.98. The highest BCUT2D eigenvalue weighted by Gasteiger charge is 2.35. The largest absolute Gasteiger partial charge is 0.448 e. The molecule has 0 unspecified atom stereocenters. The van der Waals surface area contributed by atoms with Crippen LogP contribution in [0.3, 0.4) is 0 Å². The van der Waals surface area contributed by atoms with Crippen molar-refractivity contribution in [3.63, 3.8) is 0 Å². The Kier molecular flexibility index (Phi) is 6.93. The number of esters is 1. The van der Waals surface area contributed by atoms with Gasteiger partial charge in [-0.3, -0.25) is 4.90 Å². The summed E-state index contributed by atoms with van der Waals surface area (Å²) in [5, 5.41) is 9.58. The summed E-state index contributed by atoms with van der Waals surface area (Å²) in [5.41, 5.74) is 3.78. The number of hydrogen-bond donors (Lipinski definition) is 1. The number of ether oxygens (including phenoxy) is 2. The summed E-state index contributed by atoms with van der Waals surface area (Å²) in [6.07, 6.45) is -1.09. The minimum atomic E-state index is -2.43. The van der Waals surface area contributed by atoms with E-state index in [0.717, 1.165) is 29.3 Å². The zero-order valence-electron chi connectivity index (χ0n) is 18.6. The van der Waals surface area contributed by atoms with E-state index in [1.54, 1.807) is 0 Å². The fourth-order valence-electron chi connectivity index (χ4n) is 4.02. The summed E-state index contributed by atoms with van der Waals surface area (Å²) in [6.45, 7) is -1.23. The van der Waals surface area contributed by atoms with Crippen molar-refractivity contribution in [2.24, 2.45) is 0 Å². The summed E-state index contributed by atoms with van der Waals surface area (Å²) >= 11 is 0. The number of fused-ring (bicyclic) bond motifs is 3. The Morgan fingerprint density at radius 2 is 1.33 bits per heavy atom. The van der Waals surface area contributed by atoms with Gasteiger partial charge in [-0.05, 0) is 22.3 Å². The quantitative estimate of drug-likeness (QED) is 0.175. The molecule has 0 heterocycles. The van der Waals surface area contributed by atoms with Gasteiger partial charge < -0.3 is 14.6 Å². The number of benzene rings is 3. The van der Waals surface area contributed by atoms with Gasteiger partial charge in [0.1, 0.15) is 6.61 Å². The first-order chi connectivity index (χ1) is 17.2. The molecule has 4 rings (SSSR count). The van der Waals surface area contributed by atoms with Crippen LogP contribution < -0.4 is 4.74 Å². The summed E-state index contributed by atoms with van der Waals surface area (Å²) < 4.78 is 77.4. The molecule has 0 saturated carbocycles. The minimum absolute atomic E-state index is 0.137. The number of aliphatic hydroxyl groups excluding tert-OH is 1. The van der Waals surface area contributed by atoms with Crippen molar-refractivity contribution in [1.29, 1.82) is 0 Å². The molecule has 0 fully saturated rings. The molecule has 0 saturated heterocycles. The standard InChI is InChI=1S/C25H18F5NO5/c1-31(17(10-32)24(33)36-23-21(29)19(27)18(26)20(28)22(23)30)25(34)35-11-16-14-8-4-2-6-12(14)13-7-3-5-9-15(13)16/h2-9,16-17,32H,10-11H2,1H3/t17-/m0/s1. The smallest absolute Gasteiger partial charge is 0.410 e. The monoisotopic (exact) mass is 507 g/mol. The van der Waals surface area contributed by atoms with Crippen LogP contribution in [0.5, 0.6) is 5.75 Å². The Morgan fingerprint density at radius 3 is 1.83 bits per heavy atom. The molecule has 36 heavy (non-hydrogen) atoms. The topological polar surface area (TPSA) is 76.1 Å². The number of nitrogens with zero attached hydrogens (tertiary/aromatic N) is 1. The lowest BCUT2D eigenvalue weighted by molar-refractivity contribution is -0.141. The Bertz CT molecular complexity index is 1270. The van der Waals surface area contributed by atoms with E-state index >= 15 is 0 Å². The van der Waals surface area contributed by atoms with Crippen LogP contribution in [-0.2, 0) is 9.53 Å². The first kappa shape index (κ1) is 25.1. The van der Waals surface area contributed by atoms with E-state index in [9.17, 15) is 36.6 Å². The molecule has 6 nitrogen and oxygen atoms in total. The van der Waals surface area contributed by atoms with Crippen LogP contribution in [-0.4, -0.2) is 48.4 Å². The van der Waals surface area contributed by atoms with E-state index < -0.39 is 59.5 Å². The van der Waals surface area contributed by atoms with Gasteiger partial charge in [0.25, 0.3) is 0 Å². The molecule has 3 aromatic rings. The molecular weight excluding hydrogens is 489 g/mol. The van der Waals surface area contributed by atoms with E-state index in [4.69, 9.17) is 4.74 Å². The van der Waals surface area contributed by atoms with Gasteiger partial charge in [-0.2, -0.15) is 8.78 Å². The van der Waals surface area contributed by atoms with Crippen molar-refractivity contribution in [2.45, 2.75) is 12.0 Å². The number of hydrogen-bond acceptors (Lipinski definition) is 5. The van der Waals surface area contributed by atoms with Crippen LogP contribution in [0.15, 0.2) is 48.5 Å². The molecule has 1 aliphatic carbocycles. The third kappa shape index (κ3) is 4.26. The highest BCUT2D eigenvalue weighted by atomic mass is 19.2. The summed E-state index contributed by atoms with van der Waals surface area (Å²) in [6, 6.07) is 13.2. The fourth-order valence-corrected chi connectivity index (χ4v) is 4.02. The zero-order chi connectivity index (χ0) is 26.1. The van der Waals surface area contributed by atoms with Crippen molar-refractivity contribution in [3.05, 3.63) is 88.7 Å². The average molecular weight is 507 g/mol. The molecule has 11 heteroatoms. The molecule has 0 radical (unpaired) electrons. The molecular formula is C25H18F5NO5. The van der Waals surface area contributed by atoms with Gasteiger partial charge in [0, 0.05) is 13.0 Å². The second-order valence-electron chi connectivity index (χ2n) is 7.93. The van der Waals surface area contributed by atoms with Gasteiger partial charge in [-0.15, -0.1) is 0 Å². The van der Waals surface area contributed by atoms with Crippen LogP contribution in [0.1, 0.15) is 17.0 Å². The van der Waals surface area contributed by atoms with Crippen molar-refractivity contribution in [1.82, 2.24) is 4.90 Å². The van der Waals surface area contributed by atoms with E-state index in [1.165, 1.54) is 0 Å². The number of halogens is 5. The summed E-state index contributed by atoms with van der Waals surface area (Å²) in [7, 11) is 1.04. The lowest BCUT2D eigenvalue weighted by Crippen LogP contribution is -2.47. The van der Waals surface area contributed by atoms with E-state index in [1.807, 2.05) is 48.5 Å². The molecule has 1 N–H and O–H groups in total. The number of amides is 1. The zero-order valence-corrected chi connectivity index (χ0v) is 18.6. The molecule has 1 amide bonds. The molecule has 1 atom stereocenters. The molecule has 0 aromatic heterocycles. The highest BCUT2D eigenvalue weighted by molar-refractivity contribution is 5.83. The minimum Gasteiger partial charge on any atom is -0.448 e. The second kappa shape index (κ2) is 9.94. The molecule has 0 aliphatic heterocycles. The second-order valence-corrected chi connectivity index (χ2v) is 7.93. The van der Waals surface area contributed by atoms with Crippen LogP contribution in [0, 0.1) is 29.1 Å². The van der Waals surface area contributed by atoms with E-state index in [2.05, 4.69) is 4.74 Å². The first-order valence-electron chi connectivity index (χ1n) is 10.6. The van der Waals surface area contributed by atoms with Crippen LogP contribution in [0.25, 0.3) is 11.1 Å². The molecule has 3 aromatic carbocycles. The fraction of sp³-hybridized carbons (Fsp3) is 0.200. The van der Waals surface area contributed by atoms with Crippen LogP contribution >= 0.6 is 0 Å². The van der Waals surface area contributed by atoms with E-state index in [-0.39, 0.29) is 12.5 Å². The maximum atomic E-state index is 13.9. The SMILES string of the molecule is CN(C(=O)OCC1c2ccccc2-c2ccccc21)[C@@H](CO)C(=O)Oc1c(F)c(F)c(F)c(F)c1F. The van der Waals surface area contributed by atoms with Gasteiger partial charge >= 0.3 is 12.1 Å². The van der Waals surface area contributed by atoms with Gasteiger partial charge in [0.05, 0.1) is 6.61 Å². The highest BCUT2D eigenvalue weighted by Crippen LogP contribution is 2.44. The number of likely N-dealkylation sites (N-methyl/N-ethyl adjacent to an activating group) is 1. The predicted molar refractivity (Wildman–Crippen MR) is 116 cm³/mol. The third-order valence-corrected chi connectivity index (χ3v) is 5.91. The molecule has 188 valence electrons. The van der Waals surface area contributed by atoms with Gasteiger partial charge in [-0.25, -0.2) is 22.8 Å². The predicted octanol–water partition coefficient (Wildman–Crippen LogP) is 4.53. The maximum absolute atomic E-state index is 13.9. The van der Waals surface area contributed by atoms with Gasteiger partial charge in [0.2, 0.25) is 34.8 Å². The molecule has 0 bridgehead atoms. The number of aliphatic hydroxyl groups is 1. The van der Waals surface area contributed by atoms with Crippen molar-refractivity contribution in [3.8, 4) is 16.9 Å². The normalized spacial score (nSPS) is 13.1. The van der Waals surface area contributed by atoms with Gasteiger partial charge in [-0.1, -0.05) is 48.5 Å². The molecule has 0 spiro atoms. The Hall–Kier alpha value is -3.99. The van der Waals surface area contributed by atoms with Crippen molar-refractivity contribution in [2.75, 3.05) is 20.3 Å². The summed E-state index contributed by atoms with van der Waals surface area (Å²) in [4.78, 5) is 25.6. The number of carbonyl (C=O) groups excluding carboxylic acids is 2. The third-order valence-electron chi connectivity index (χ3n) is 5.91. The summed E-state index contributed by atoms with van der Waals surface area (Å²) in [5.74, 6) is -15.6. The van der Waals surface area contributed by atoms with E-state index in [0.29, 0.717) is 4.90 Å². The average Bonchev–Trinajstić information content (AvgIpc) is 3.21. The maximum Gasteiger partial charge on any atom is 0.410 e. The van der Waals surface area contributed by atoms with Crippen LogP contribution in [0.4, 0.5) is 26.7 Å². The molecule has 1 aliphatic rings. The lowest BCUT2D eigenvalue weighted by Gasteiger charge is -2.25. The van der Waals surface area contributed by atoms with Gasteiger partial charge in [0.15, 0.2) is 6.04 Å². The number of carbonyl (C=O) groups is 2. The first-order valence-corrected chi connectivity index (χ1v) is 10.6.